The van der Waals surface area contributed by atoms with E-state index in [-0.39, 0.29) is 5.91 Å². The van der Waals surface area contributed by atoms with E-state index in [1.807, 2.05) is 48.5 Å². The number of aromatic nitrogens is 1. The number of aryl methyl sites for hydroxylation is 2. The van der Waals surface area contributed by atoms with Gasteiger partial charge in [-0.2, -0.15) is 0 Å². The van der Waals surface area contributed by atoms with Crippen molar-refractivity contribution in [3.05, 3.63) is 90.1 Å². The van der Waals surface area contributed by atoms with Gasteiger partial charge in [0.15, 0.2) is 0 Å². The third-order valence-electron chi connectivity index (χ3n) is 5.45. The number of carbonyl (C=O) groups excluding carboxylic acids is 1. The normalized spacial score (nSPS) is 11.1. The van der Waals surface area contributed by atoms with Gasteiger partial charge in [0.2, 0.25) is 0 Å². The molecule has 1 heterocycles. The summed E-state index contributed by atoms with van der Waals surface area (Å²) in [5.41, 5.74) is 3.84. The third-order valence-corrected chi connectivity index (χ3v) is 5.45. The van der Waals surface area contributed by atoms with Gasteiger partial charge in [-0.1, -0.05) is 18.2 Å². The molecule has 1 N–H and O–H groups in total. The van der Waals surface area contributed by atoms with Gasteiger partial charge in [0, 0.05) is 34.4 Å². The summed E-state index contributed by atoms with van der Waals surface area (Å²) in [6, 6.07) is 25.0. The lowest BCUT2D eigenvalue weighted by Crippen LogP contribution is -2.15. The maximum atomic E-state index is 12.4. The minimum atomic E-state index is -0.143. The molecule has 0 aliphatic rings. The molecule has 0 saturated carbocycles. The number of ether oxygens (including phenoxy) is 1. The smallest absolute Gasteiger partial charge is 0.255 e. The number of rotatable bonds is 8. The van der Waals surface area contributed by atoms with Gasteiger partial charge in [-0.05, 0) is 94.6 Å². The topological polar surface area (TPSA) is 46.5 Å². The zero-order valence-corrected chi connectivity index (χ0v) is 18.8. The molecule has 0 atom stereocenters. The number of amides is 1. The van der Waals surface area contributed by atoms with Gasteiger partial charge < -0.3 is 19.5 Å². The maximum absolute atomic E-state index is 12.4. The first-order chi connectivity index (χ1) is 15.5. The number of nitrogens with one attached hydrogen (secondary N) is 1. The number of nitrogens with zero attached hydrogens (tertiary/aromatic N) is 2. The number of carbonyl (C=O) groups is 1. The highest BCUT2D eigenvalue weighted by Crippen LogP contribution is 2.28. The van der Waals surface area contributed by atoms with E-state index in [1.54, 1.807) is 12.1 Å². The Morgan fingerprint density at radius 1 is 0.938 bits per heavy atom. The lowest BCUT2D eigenvalue weighted by Gasteiger charge is -2.12. The Bertz CT molecular complexity index is 1200. The first-order valence-electron chi connectivity index (χ1n) is 10.9. The monoisotopic (exact) mass is 427 g/mol. The molecule has 5 nitrogen and oxygen atoms in total. The largest absolute Gasteiger partial charge is 0.457 e. The first kappa shape index (κ1) is 21.7. The molecule has 4 rings (SSSR count). The summed E-state index contributed by atoms with van der Waals surface area (Å²) in [5, 5.41) is 4.06. The third kappa shape index (κ3) is 5.18. The van der Waals surface area contributed by atoms with Crippen LogP contribution >= 0.6 is 0 Å². The molecule has 1 aromatic heterocycles. The van der Waals surface area contributed by atoms with Crippen molar-refractivity contribution in [2.24, 2.45) is 0 Å². The predicted octanol–water partition coefficient (Wildman–Crippen LogP) is 5.95. The van der Waals surface area contributed by atoms with Gasteiger partial charge in [-0.15, -0.1) is 0 Å². The fourth-order valence-corrected chi connectivity index (χ4v) is 3.83. The molecule has 1 amide bonds. The first-order valence-corrected chi connectivity index (χ1v) is 10.9. The van der Waals surface area contributed by atoms with Crippen LogP contribution in [0.2, 0.25) is 0 Å². The molecule has 0 bridgehead atoms. The van der Waals surface area contributed by atoms with Crippen molar-refractivity contribution in [1.29, 1.82) is 0 Å². The van der Waals surface area contributed by atoms with Crippen LogP contribution in [0, 0.1) is 6.92 Å². The summed E-state index contributed by atoms with van der Waals surface area (Å²) < 4.78 is 8.42. The van der Waals surface area contributed by atoms with Crippen LogP contribution in [0.5, 0.6) is 11.5 Å². The SMILES string of the molecule is Cc1cc2cc(Oc3ccc(C(=O)Nc4ccccc4)cc3)ccc2n1CCCN(C)C. The van der Waals surface area contributed by atoms with Crippen molar-refractivity contribution < 1.29 is 9.53 Å². The molecular weight excluding hydrogens is 398 g/mol. The summed E-state index contributed by atoms with van der Waals surface area (Å²) in [5.74, 6) is 1.34. The molecule has 4 aromatic rings. The second-order valence-corrected chi connectivity index (χ2v) is 8.26. The number of hydrogen-bond donors (Lipinski definition) is 1. The van der Waals surface area contributed by atoms with E-state index >= 15 is 0 Å². The molecule has 164 valence electrons. The van der Waals surface area contributed by atoms with E-state index in [0.717, 1.165) is 30.9 Å². The van der Waals surface area contributed by atoms with Crippen LogP contribution in [0.3, 0.4) is 0 Å². The van der Waals surface area contributed by atoms with E-state index in [1.165, 1.54) is 16.6 Å². The van der Waals surface area contributed by atoms with Gasteiger partial charge in [0.25, 0.3) is 5.91 Å². The Kier molecular flexibility index (Phi) is 6.57. The number of para-hydroxylation sites is 1. The molecule has 0 radical (unpaired) electrons. The lowest BCUT2D eigenvalue weighted by molar-refractivity contribution is 0.102. The van der Waals surface area contributed by atoms with E-state index < -0.39 is 0 Å². The zero-order chi connectivity index (χ0) is 22.5. The van der Waals surface area contributed by atoms with Crippen LogP contribution in [-0.4, -0.2) is 36.0 Å². The second-order valence-electron chi connectivity index (χ2n) is 8.26. The molecule has 0 saturated heterocycles. The molecule has 0 spiro atoms. The summed E-state index contributed by atoms with van der Waals surface area (Å²) in [7, 11) is 4.21. The van der Waals surface area contributed by atoms with E-state index in [2.05, 4.69) is 54.0 Å². The summed E-state index contributed by atoms with van der Waals surface area (Å²) in [4.78, 5) is 14.6. The van der Waals surface area contributed by atoms with E-state index in [4.69, 9.17) is 4.74 Å². The summed E-state index contributed by atoms with van der Waals surface area (Å²) in [6.45, 7) is 4.22. The second kappa shape index (κ2) is 9.71. The highest BCUT2D eigenvalue weighted by Gasteiger charge is 2.09. The van der Waals surface area contributed by atoms with E-state index in [9.17, 15) is 4.79 Å². The minimum absolute atomic E-state index is 0.143. The number of fused-ring (bicyclic) bond motifs is 1. The molecule has 5 heteroatoms. The Morgan fingerprint density at radius 2 is 1.66 bits per heavy atom. The van der Waals surface area contributed by atoms with Crippen LogP contribution in [0.4, 0.5) is 5.69 Å². The van der Waals surface area contributed by atoms with Gasteiger partial charge in [-0.25, -0.2) is 0 Å². The molecule has 0 unspecified atom stereocenters. The molecule has 0 fully saturated rings. The fourth-order valence-electron chi connectivity index (χ4n) is 3.83. The van der Waals surface area contributed by atoms with Crippen molar-refractivity contribution in [3.63, 3.8) is 0 Å². The minimum Gasteiger partial charge on any atom is -0.457 e. The lowest BCUT2D eigenvalue weighted by atomic mass is 10.2. The van der Waals surface area contributed by atoms with Crippen LogP contribution in [0.1, 0.15) is 22.5 Å². The average Bonchev–Trinajstić information content (AvgIpc) is 3.09. The number of hydrogen-bond acceptors (Lipinski definition) is 3. The van der Waals surface area contributed by atoms with Crippen LogP contribution in [-0.2, 0) is 6.54 Å². The summed E-state index contributed by atoms with van der Waals surface area (Å²) >= 11 is 0. The Hall–Kier alpha value is -3.57. The van der Waals surface area contributed by atoms with Crippen molar-refractivity contribution in [3.8, 4) is 11.5 Å². The highest BCUT2D eigenvalue weighted by molar-refractivity contribution is 6.04. The standard InChI is InChI=1S/C27H29N3O2/c1-20-18-22-19-25(14-15-26(22)30(20)17-7-16-29(2)3)32-24-12-10-21(11-13-24)27(31)28-23-8-5-4-6-9-23/h4-6,8-15,18-19H,7,16-17H2,1-3H3,(H,28,31). The van der Waals surface area contributed by atoms with Crippen LogP contribution in [0.25, 0.3) is 10.9 Å². The molecular formula is C27H29N3O2. The number of anilines is 1. The van der Waals surface area contributed by atoms with Crippen LogP contribution < -0.4 is 10.1 Å². The zero-order valence-electron chi connectivity index (χ0n) is 18.8. The van der Waals surface area contributed by atoms with Gasteiger partial charge >= 0.3 is 0 Å². The van der Waals surface area contributed by atoms with Crippen LogP contribution in [0.15, 0.2) is 78.9 Å². The molecule has 3 aromatic carbocycles. The Labute approximate surface area is 189 Å². The highest BCUT2D eigenvalue weighted by atomic mass is 16.5. The maximum Gasteiger partial charge on any atom is 0.255 e. The van der Waals surface area contributed by atoms with Crippen molar-refractivity contribution in [2.75, 3.05) is 26.0 Å². The molecule has 0 aliphatic heterocycles. The van der Waals surface area contributed by atoms with Gasteiger partial charge in [-0.3, -0.25) is 4.79 Å². The average molecular weight is 428 g/mol. The summed E-state index contributed by atoms with van der Waals surface area (Å²) in [6.07, 6.45) is 1.11. The quantitative estimate of drug-likeness (QED) is 0.378. The number of benzene rings is 3. The predicted molar refractivity (Wildman–Crippen MR) is 131 cm³/mol. The Balaban J connectivity index is 1.43. The van der Waals surface area contributed by atoms with Gasteiger partial charge in [0.1, 0.15) is 11.5 Å². The Morgan fingerprint density at radius 3 is 2.38 bits per heavy atom. The molecule has 32 heavy (non-hydrogen) atoms. The van der Waals surface area contributed by atoms with Crippen molar-refractivity contribution in [1.82, 2.24) is 9.47 Å². The molecule has 0 aliphatic carbocycles. The van der Waals surface area contributed by atoms with Crippen molar-refractivity contribution in [2.45, 2.75) is 19.9 Å². The van der Waals surface area contributed by atoms with Crippen molar-refractivity contribution >= 4 is 22.5 Å². The van der Waals surface area contributed by atoms with E-state index in [0.29, 0.717) is 11.3 Å². The fraction of sp³-hybridized carbons (Fsp3) is 0.222. The van der Waals surface area contributed by atoms with Gasteiger partial charge in [0.05, 0.1) is 0 Å².